The van der Waals surface area contributed by atoms with E-state index in [1.807, 2.05) is 13.8 Å². The van der Waals surface area contributed by atoms with Crippen LogP contribution in [0.15, 0.2) is 97.6 Å². The van der Waals surface area contributed by atoms with Crippen molar-refractivity contribution in [1.29, 1.82) is 5.41 Å². The van der Waals surface area contributed by atoms with Crippen molar-refractivity contribution in [3.8, 4) is 5.75 Å². The van der Waals surface area contributed by atoms with Crippen LogP contribution in [0.4, 0.5) is 0 Å². The second-order valence-corrected chi connectivity index (χ2v) is 30.4. The summed E-state index contributed by atoms with van der Waals surface area (Å²) < 4.78 is 0. The van der Waals surface area contributed by atoms with E-state index >= 15 is 19.2 Å². The number of fused-ring (bicyclic) bond motifs is 1. The first-order valence-corrected chi connectivity index (χ1v) is 39.8. The number of guanidine groups is 1. The van der Waals surface area contributed by atoms with E-state index in [2.05, 4.69) is 102 Å². The van der Waals surface area contributed by atoms with Gasteiger partial charge in [-0.25, -0.2) is 4.98 Å². The second-order valence-electron chi connectivity index (χ2n) is 30.0. The van der Waals surface area contributed by atoms with Gasteiger partial charge in [0.25, 0.3) is 0 Å². The molecule has 5 aromatic rings. The maximum absolute atomic E-state index is 15.3. The van der Waals surface area contributed by atoms with Gasteiger partial charge in [0.1, 0.15) is 78.3 Å². The quantitative estimate of drug-likeness (QED) is 0.00814. The number of primary amides is 1. The molecule has 1 aliphatic heterocycles. The Balaban J connectivity index is 1.27. The van der Waals surface area contributed by atoms with Crippen LogP contribution in [0.25, 0.3) is 10.9 Å². The molecule has 642 valence electrons. The molecule has 3 aromatic carbocycles. The van der Waals surface area contributed by atoms with Crippen LogP contribution >= 0.6 is 12.6 Å². The van der Waals surface area contributed by atoms with Crippen molar-refractivity contribution in [2.45, 2.75) is 205 Å². The number of nitrogens with zero attached hydrogens (tertiary/aromatic N) is 2. The summed E-state index contributed by atoms with van der Waals surface area (Å²) in [5.41, 5.74) is 13.2. The summed E-state index contributed by atoms with van der Waals surface area (Å²) in [4.78, 5) is 221. The Morgan fingerprint density at radius 3 is 1.70 bits per heavy atom. The van der Waals surface area contributed by atoms with E-state index in [4.69, 9.17) is 16.9 Å². The van der Waals surface area contributed by atoms with Gasteiger partial charge >= 0.3 is 0 Å². The highest BCUT2D eigenvalue weighted by Crippen LogP contribution is 2.24. The van der Waals surface area contributed by atoms with Crippen LogP contribution in [-0.2, 0) is 97.6 Å². The van der Waals surface area contributed by atoms with Gasteiger partial charge in [0.15, 0.2) is 5.96 Å². The summed E-state index contributed by atoms with van der Waals surface area (Å²) in [6.07, 6.45) is 2.76. The summed E-state index contributed by atoms with van der Waals surface area (Å²) in [6.45, 7) is 12.9. The summed E-state index contributed by atoms with van der Waals surface area (Å²) in [5, 5.41) is 66.2. The minimum Gasteiger partial charge on any atom is -0.508 e. The number of nitrogens with two attached hydrogens (primary N) is 2. The Kier molecular flexibility index (Phi) is 37.4. The Morgan fingerprint density at radius 2 is 1.13 bits per heavy atom. The fourth-order valence-electron chi connectivity index (χ4n) is 13.1. The van der Waals surface area contributed by atoms with Crippen LogP contribution in [0.5, 0.6) is 5.75 Å². The molecule has 15 amide bonds. The zero-order valence-corrected chi connectivity index (χ0v) is 68.5. The number of phenols is 1. The lowest BCUT2D eigenvalue weighted by Gasteiger charge is -2.31. The maximum Gasteiger partial charge on any atom is 0.245 e. The number of aliphatic hydroxyl groups is 1. The number of carbonyl (C=O) groups excluding carboxylic acids is 15. The molecule has 0 spiro atoms. The van der Waals surface area contributed by atoms with E-state index in [0.717, 1.165) is 0 Å². The molecule has 1 aliphatic rings. The molecule has 39 heteroatoms. The first kappa shape index (κ1) is 94.7. The van der Waals surface area contributed by atoms with Crippen molar-refractivity contribution in [2.75, 3.05) is 31.9 Å². The number of imidazole rings is 1. The molecule has 1 fully saturated rings. The van der Waals surface area contributed by atoms with Gasteiger partial charge < -0.3 is 111 Å². The van der Waals surface area contributed by atoms with E-state index in [1.54, 1.807) is 88.5 Å². The number of amides is 15. The molecule has 14 atom stereocenters. The van der Waals surface area contributed by atoms with E-state index in [-0.39, 0.29) is 87.6 Å². The molecule has 0 radical (unpaired) electrons. The average Bonchev–Trinajstić information content (AvgIpc) is 1.63. The third kappa shape index (κ3) is 29.8. The van der Waals surface area contributed by atoms with Crippen LogP contribution < -0.4 is 85.9 Å². The molecule has 0 bridgehead atoms. The fourth-order valence-corrected chi connectivity index (χ4v) is 13.4. The summed E-state index contributed by atoms with van der Waals surface area (Å²) in [7, 11) is 0. The van der Waals surface area contributed by atoms with Gasteiger partial charge in [-0.3, -0.25) is 77.3 Å². The lowest BCUT2D eigenvalue weighted by molar-refractivity contribution is -0.142. The first-order valence-electron chi connectivity index (χ1n) is 39.1. The van der Waals surface area contributed by atoms with E-state index < -0.39 is 198 Å². The predicted octanol–water partition coefficient (Wildman–Crippen LogP) is -2.73. The number of phenolic OH excluding ortho intramolecular Hbond substituents is 1. The number of aliphatic hydroxyl groups excluding tert-OH is 1. The average molecular weight is 1660 g/mol. The number of hydrogen-bond donors (Lipinski definition) is 22. The number of para-hydroxylation sites is 1. The van der Waals surface area contributed by atoms with E-state index in [1.165, 1.54) is 62.5 Å². The number of rotatable bonds is 46. The molecule has 0 unspecified atom stereocenters. The van der Waals surface area contributed by atoms with Crippen LogP contribution in [0.2, 0.25) is 0 Å². The van der Waals surface area contributed by atoms with Crippen molar-refractivity contribution in [3.05, 3.63) is 120 Å². The zero-order valence-electron chi connectivity index (χ0n) is 67.6. The molecular formula is C79H113N21O17S. The van der Waals surface area contributed by atoms with Crippen LogP contribution in [0.1, 0.15) is 123 Å². The van der Waals surface area contributed by atoms with Gasteiger partial charge in [0.05, 0.1) is 31.2 Å². The zero-order chi connectivity index (χ0) is 87.0. The van der Waals surface area contributed by atoms with Gasteiger partial charge in [-0.1, -0.05) is 109 Å². The van der Waals surface area contributed by atoms with Gasteiger partial charge in [0, 0.05) is 74.7 Å². The summed E-state index contributed by atoms with van der Waals surface area (Å²) in [5.74, 6) is -14.6. The minimum absolute atomic E-state index is 0.0349. The normalized spacial score (nSPS) is 15.8. The van der Waals surface area contributed by atoms with Crippen LogP contribution in [0, 0.1) is 23.2 Å². The van der Waals surface area contributed by atoms with Crippen molar-refractivity contribution in [2.24, 2.45) is 29.2 Å². The number of carbonyl (C=O) groups is 15. The van der Waals surface area contributed by atoms with Gasteiger partial charge in [-0.05, 0) is 98.6 Å². The number of nitrogens with one attached hydrogen (secondary N) is 17. The number of likely N-dealkylation sites (tertiary alicyclic amines) is 1. The number of H-pyrrole nitrogens is 2. The Labute approximate surface area is 688 Å². The van der Waals surface area contributed by atoms with Crippen molar-refractivity contribution < 1.29 is 82.1 Å². The Morgan fingerprint density at radius 1 is 0.576 bits per heavy atom. The predicted molar refractivity (Wildman–Crippen MR) is 437 cm³/mol. The monoisotopic (exact) mass is 1660 g/mol. The minimum atomic E-state index is -1.69. The topological polar surface area (TPSA) is 589 Å². The third-order valence-corrected chi connectivity index (χ3v) is 20.0. The summed E-state index contributed by atoms with van der Waals surface area (Å²) in [6, 6.07) is 4.65. The molecule has 1 saturated heterocycles. The highest BCUT2D eigenvalue weighted by Gasteiger charge is 2.42. The molecule has 3 heterocycles. The van der Waals surface area contributed by atoms with Gasteiger partial charge in [-0.15, -0.1) is 0 Å². The Bertz CT molecular complexity index is 4300. The number of thiol groups is 1. The SMILES string of the molecule is CC[C@H](C)[C@H](NC(=O)[C@H](C)NC(C)=O)C(=O)N[C@H](C(=O)NCC(=O)N[C@@H](Cc1c[nH]cn1)C(=O)N[C@@H](Cc1ccc(O)cc1)C(=O)N[C@@H](Cc1c[nH]c2ccccc12)C(=O)N[C@H](C(=O)N[C@@H](CCCNC(=N)N)C(=O)N[C@@H](Cc1ccccc1)C(=O)N[C@@H](CC(C)C)C(=O)N1CCC[C@H]1C(=O)N[C@@H](CS)C(=O)NCC(N)=O)C(C)C)[C@@H](C)O. The number of aromatic amines is 2. The maximum atomic E-state index is 15.3. The number of benzene rings is 3. The molecule has 2 aromatic heterocycles. The lowest BCUT2D eigenvalue weighted by Crippen LogP contribution is -2.62. The molecular weight excluding hydrogens is 1550 g/mol. The molecule has 38 nitrogen and oxygen atoms in total. The van der Waals surface area contributed by atoms with Gasteiger partial charge in [-0.2, -0.15) is 12.6 Å². The molecule has 0 saturated carbocycles. The van der Waals surface area contributed by atoms with E-state index in [9.17, 15) is 63.0 Å². The molecule has 23 N–H and O–H groups in total. The standard InChI is InChI=1S/C79H113N21O17S/c1-10-43(6)65(98-67(106)44(7)89-46(9)102)77(116)99-66(45(8)101)75(114)87-38-63(105)90-58(34-50-36-83-40-88-50)72(111)93-56(32-48-24-26-51(103)27-25-48)70(109)94-57(33-49-35-85-53-21-15-14-20-52(49)53)73(112)97-64(42(4)5)76(115)91-54(22-16-28-84-79(81)82)69(108)92-55(31-47-18-12-11-13-19-47)71(110)95-59(30-41(2)3)78(117)100-29-17-23-61(100)74(113)96-60(39-118)68(107)86-37-62(80)104/h11-15,18-21,24-27,35-36,40-45,54-61,64-66,85,101,103,118H,10,16-17,22-23,28-34,37-39H2,1-9H3,(H2,80,104)(H,83,88)(H,86,107)(H,87,114)(H,89,102)(H,90,105)(H,91,115)(H,92,108)(H,93,111)(H,94,109)(H,95,110)(H,96,113)(H,97,112)(H,98,106)(H,99,116)(H4,81,82,84)/t43-,44-,45+,54-,55-,56-,57-,58-,59-,60-,61-,64-,65-,66-/m0/s1. The van der Waals surface area contributed by atoms with E-state index in [0.29, 0.717) is 40.4 Å². The van der Waals surface area contributed by atoms with Crippen molar-refractivity contribution in [3.63, 3.8) is 0 Å². The second kappa shape index (κ2) is 46.5. The van der Waals surface area contributed by atoms with Gasteiger partial charge in [0.2, 0.25) is 88.6 Å². The first-order chi connectivity index (χ1) is 56.0. The smallest absolute Gasteiger partial charge is 0.245 e. The molecule has 6 rings (SSSR count). The Hall–Kier alpha value is -12.2. The molecule has 118 heavy (non-hydrogen) atoms. The largest absolute Gasteiger partial charge is 0.508 e. The fraction of sp³-hybridized carbons (Fsp3) is 0.506. The van der Waals surface area contributed by atoms with Crippen molar-refractivity contribution >= 4 is 118 Å². The number of hydrogen-bond acceptors (Lipinski definition) is 20. The highest BCUT2D eigenvalue weighted by molar-refractivity contribution is 7.80. The van der Waals surface area contributed by atoms with Crippen LogP contribution in [-0.4, -0.2) is 235 Å². The summed E-state index contributed by atoms with van der Waals surface area (Å²) >= 11 is 4.20. The highest BCUT2D eigenvalue weighted by atomic mass is 32.1. The van der Waals surface area contributed by atoms with Crippen molar-refractivity contribution in [1.82, 2.24) is 94.3 Å². The number of aromatic hydroxyl groups is 1. The number of aromatic nitrogens is 3. The lowest BCUT2D eigenvalue weighted by atomic mass is 9.97. The third-order valence-electron chi connectivity index (χ3n) is 19.6. The molecule has 0 aliphatic carbocycles. The van der Waals surface area contributed by atoms with Crippen LogP contribution in [0.3, 0.4) is 0 Å².